The molecule has 0 saturated heterocycles. The van der Waals surface area contributed by atoms with Crippen molar-refractivity contribution in [3.63, 3.8) is 0 Å². The van der Waals surface area contributed by atoms with Crippen molar-refractivity contribution >= 4 is 17.4 Å². The summed E-state index contributed by atoms with van der Waals surface area (Å²) in [4.78, 5) is 15.9. The Morgan fingerprint density at radius 1 is 1.39 bits per heavy atom. The number of halogens is 1. The minimum atomic E-state index is -0.142. The molecule has 5 heteroatoms. The SMILES string of the molecule is CCn1ccnc1C(=O)COc1ccc(Cl)cc1. The standard InChI is InChI=1S/C13H13ClN2O2/c1-2-16-8-7-15-13(16)12(17)9-18-11-5-3-10(14)4-6-11/h3-8H,2,9H2,1H3. The molecule has 0 N–H and O–H groups in total. The van der Waals surface area contributed by atoms with Gasteiger partial charge in [-0.3, -0.25) is 4.79 Å². The fraction of sp³-hybridized carbons (Fsp3) is 0.231. The molecule has 18 heavy (non-hydrogen) atoms. The van der Waals surface area contributed by atoms with Gasteiger partial charge in [0.1, 0.15) is 5.75 Å². The van der Waals surface area contributed by atoms with E-state index in [0.717, 1.165) is 0 Å². The lowest BCUT2D eigenvalue weighted by atomic mass is 10.3. The van der Waals surface area contributed by atoms with Gasteiger partial charge < -0.3 is 9.30 Å². The number of carbonyl (C=O) groups excluding carboxylic acids is 1. The number of rotatable bonds is 5. The van der Waals surface area contributed by atoms with Gasteiger partial charge in [-0.05, 0) is 31.2 Å². The molecule has 0 spiro atoms. The summed E-state index contributed by atoms with van der Waals surface area (Å²) >= 11 is 5.76. The van der Waals surface area contributed by atoms with Crippen LogP contribution in [-0.2, 0) is 6.54 Å². The topological polar surface area (TPSA) is 44.1 Å². The highest BCUT2D eigenvalue weighted by molar-refractivity contribution is 6.30. The normalized spacial score (nSPS) is 10.3. The molecule has 0 amide bonds. The van der Waals surface area contributed by atoms with E-state index in [0.29, 0.717) is 23.1 Å². The smallest absolute Gasteiger partial charge is 0.235 e. The molecular formula is C13H13ClN2O2. The van der Waals surface area contributed by atoms with Gasteiger partial charge in [0.25, 0.3) is 0 Å². The fourth-order valence-electron chi connectivity index (χ4n) is 1.56. The number of Topliss-reactive ketones (excluding diaryl/α,β-unsaturated/α-hetero) is 1. The van der Waals surface area contributed by atoms with E-state index in [1.807, 2.05) is 6.92 Å². The van der Waals surface area contributed by atoms with Crippen molar-refractivity contribution in [2.45, 2.75) is 13.5 Å². The molecule has 2 aromatic rings. The first-order valence-electron chi connectivity index (χ1n) is 5.63. The second-order valence-electron chi connectivity index (χ2n) is 3.70. The maximum absolute atomic E-state index is 11.9. The van der Waals surface area contributed by atoms with E-state index in [4.69, 9.17) is 16.3 Å². The Labute approximate surface area is 110 Å². The third-order valence-electron chi connectivity index (χ3n) is 2.49. The van der Waals surface area contributed by atoms with Gasteiger partial charge in [0.05, 0.1) is 0 Å². The maximum Gasteiger partial charge on any atom is 0.235 e. The number of ether oxygens (including phenoxy) is 1. The Morgan fingerprint density at radius 2 is 2.11 bits per heavy atom. The molecule has 0 fully saturated rings. The van der Waals surface area contributed by atoms with Crippen LogP contribution in [0.1, 0.15) is 17.5 Å². The van der Waals surface area contributed by atoms with Crippen LogP contribution in [0, 0.1) is 0 Å². The van der Waals surface area contributed by atoms with Crippen molar-refractivity contribution < 1.29 is 9.53 Å². The van der Waals surface area contributed by atoms with Crippen molar-refractivity contribution in [2.75, 3.05) is 6.61 Å². The van der Waals surface area contributed by atoms with Gasteiger partial charge in [-0.15, -0.1) is 0 Å². The van der Waals surface area contributed by atoms with E-state index < -0.39 is 0 Å². The first kappa shape index (κ1) is 12.6. The van der Waals surface area contributed by atoms with Crippen LogP contribution < -0.4 is 4.74 Å². The zero-order chi connectivity index (χ0) is 13.0. The van der Waals surface area contributed by atoms with Gasteiger partial charge in [0.2, 0.25) is 5.78 Å². The van der Waals surface area contributed by atoms with Crippen LogP contribution in [0.5, 0.6) is 5.75 Å². The van der Waals surface area contributed by atoms with Crippen LogP contribution in [0.15, 0.2) is 36.7 Å². The van der Waals surface area contributed by atoms with Gasteiger partial charge in [0.15, 0.2) is 12.4 Å². The number of imidazole rings is 1. The highest BCUT2D eigenvalue weighted by atomic mass is 35.5. The van der Waals surface area contributed by atoms with Gasteiger partial charge in [0, 0.05) is 24.0 Å². The Balaban J connectivity index is 1.98. The van der Waals surface area contributed by atoms with E-state index in [-0.39, 0.29) is 12.4 Å². The molecule has 94 valence electrons. The molecule has 0 atom stereocenters. The maximum atomic E-state index is 11.9. The van der Waals surface area contributed by atoms with Crippen LogP contribution in [0.25, 0.3) is 0 Å². The van der Waals surface area contributed by atoms with Gasteiger partial charge in [-0.2, -0.15) is 0 Å². The van der Waals surface area contributed by atoms with Crippen molar-refractivity contribution in [2.24, 2.45) is 0 Å². The fourth-order valence-corrected chi connectivity index (χ4v) is 1.69. The molecule has 0 aliphatic rings. The van der Waals surface area contributed by atoms with E-state index in [9.17, 15) is 4.79 Å². The zero-order valence-electron chi connectivity index (χ0n) is 9.97. The van der Waals surface area contributed by atoms with Crippen LogP contribution in [0.2, 0.25) is 5.02 Å². The molecule has 1 heterocycles. The summed E-state index contributed by atoms with van der Waals surface area (Å²) in [5.74, 6) is 0.894. The van der Waals surface area contributed by atoms with Gasteiger partial charge in [-0.25, -0.2) is 4.98 Å². The average Bonchev–Trinajstić information content (AvgIpc) is 2.86. The molecular weight excluding hydrogens is 252 g/mol. The summed E-state index contributed by atoms with van der Waals surface area (Å²) in [5, 5.41) is 0.634. The number of aryl methyl sites for hydroxylation is 1. The second-order valence-corrected chi connectivity index (χ2v) is 4.14. The lowest BCUT2D eigenvalue weighted by molar-refractivity contribution is 0.0907. The number of benzene rings is 1. The molecule has 4 nitrogen and oxygen atoms in total. The first-order chi connectivity index (χ1) is 8.70. The number of carbonyl (C=O) groups is 1. The second kappa shape index (κ2) is 5.69. The molecule has 0 unspecified atom stereocenters. The van der Waals surface area contributed by atoms with E-state index in [1.54, 1.807) is 41.2 Å². The molecule has 0 aliphatic carbocycles. The Hall–Kier alpha value is -1.81. The first-order valence-corrected chi connectivity index (χ1v) is 6.01. The number of nitrogens with zero attached hydrogens (tertiary/aromatic N) is 2. The lowest BCUT2D eigenvalue weighted by Crippen LogP contribution is -2.16. The summed E-state index contributed by atoms with van der Waals surface area (Å²) in [5.41, 5.74) is 0. The highest BCUT2D eigenvalue weighted by Gasteiger charge is 2.12. The molecule has 0 bridgehead atoms. The molecule has 1 aromatic carbocycles. The minimum Gasteiger partial charge on any atom is -0.485 e. The van der Waals surface area contributed by atoms with Crippen molar-refractivity contribution in [3.8, 4) is 5.75 Å². The van der Waals surface area contributed by atoms with Gasteiger partial charge >= 0.3 is 0 Å². The minimum absolute atomic E-state index is 0.0291. The Bertz CT molecular complexity index is 534. The number of hydrogen-bond acceptors (Lipinski definition) is 3. The van der Waals surface area contributed by atoms with Crippen molar-refractivity contribution in [3.05, 3.63) is 47.5 Å². The zero-order valence-corrected chi connectivity index (χ0v) is 10.7. The molecule has 1 aromatic heterocycles. The van der Waals surface area contributed by atoms with Crippen LogP contribution >= 0.6 is 11.6 Å². The van der Waals surface area contributed by atoms with Crippen LogP contribution in [0.3, 0.4) is 0 Å². The predicted molar refractivity (Wildman–Crippen MR) is 69.2 cm³/mol. The Kier molecular flexibility index (Phi) is 3.99. The number of hydrogen-bond donors (Lipinski definition) is 0. The third-order valence-corrected chi connectivity index (χ3v) is 2.74. The van der Waals surface area contributed by atoms with Crippen LogP contribution in [-0.4, -0.2) is 21.9 Å². The average molecular weight is 265 g/mol. The molecule has 0 radical (unpaired) electrons. The summed E-state index contributed by atoms with van der Waals surface area (Å²) < 4.78 is 7.17. The highest BCUT2D eigenvalue weighted by Crippen LogP contribution is 2.15. The summed E-state index contributed by atoms with van der Waals surface area (Å²) in [6.07, 6.45) is 3.38. The van der Waals surface area contributed by atoms with Gasteiger partial charge in [-0.1, -0.05) is 11.6 Å². The summed E-state index contributed by atoms with van der Waals surface area (Å²) in [6.45, 7) is 2.64. The quantitative estimate of drug-likeness (QED) is 0.780. The third kappa shape index (κ3) is 2.90. The van der Waals surface area contributed by atoms with Crippen LogP contribution in [0.4, 0.5) is 0 Å². The van der Waals surface area contributed by atoms with E-state index in [1.165, 1.54) is 0 Å². The van der Waals surface area contributed by atoms with E-state index >= 15 is 0 Å². The number of aromatic nitrogens is 2. The molecule has 0 saturated carbocycles. The largest absolute Gasteiger partial charge is 0.485 e. The molecule has 0 aliphatic heterocycles. The van der Waals surface area contributed by atoms with Crippen molar-refractivity contribution in [1.29, 1.82) is 0 Å². The number of ketones is 1. The monoisotopic (exact) mass is 264 g/mol. The summed E-state index contributed by atoms with van der Waals surface area (Å²) in [6, 6.07) is 6.88. The van der Waals surface area contributed by atoms with Crippen molar-refractivity contribution in [1.82, 2.24) is 9.55 Å². The lowest BCUT2D eigenvalue weighted by Gasteiger charge is -2.06. The molecule has 2 rings (SSSR count). The van der Waals surface area contributed by atoms with E-state index in [2.05, 4.69) is 4.98 Å². The summed E-state index contributed by atoms with van der Waals surface area (Å²) in [7, 11) is 0. The Morgan fingerprint density at radius 3 is 2.78 bits per heavy atom. The predicted octanol–water partition coefficient (Wildman–Crippen LogP) is 2.82.